The van der Waals surface area contributed by atoms with Crippen LogP contribution < -0.4 is 5.32 Å². The molecule has 2 rings (SSSR count). The lowest BCUT2D eigenvalue weighted by atomic mass is 9.97. The second kappa shape index (κ2) is 5.48. The average Bonchev–Trinajstić information content (AvgIpc) is 2.30. The number of likely N-dealkylation sites (tertiary alicyclic amines) is 1. The minimum atomic E-state index is 0.702. The van der Waals surface area contributed by atoms with E-state index in [-0.39, 0.29) is 0 Å². The normalized spacial score (nSPS) is 31.1. The Morgan fingerprint density at radius 1 is 1.12 bits per heavy atom. The maximum atomic E-state index is 3.64. The summed E-state index contributed by atoms with van der Waals surface area (Å²) < 4.78 is 0. The molecule has 1 N–H and O–H groups in total. The fourth-order valence-electron chi connectivity index (χ4n) is 2.94. The Hall–Kier alpha value is -0.120. The summed E-state index contributed by atoms with van der Waals surface area (Å²) in [5.74, 6) is 0.758. The highest BCUT2D eigenvalue weighted by Crippen LogP contribution is 2.18. The molecule has 2 fully saturated rings. The van der Waals surface area contributed by atoms with Crippen LogP contribution in [0.5, 0.6) is 0 Å². The van der Waals surface area contributed by atoms with Crippen LogP contribution in [0.4, 0.5) is 0 Å². The third-order valence-electron chi connectivity index (χ3n) is 4.25. The van der Waals surface area contributed by atoms with Gasteiger partial charge in [0.05, 0.1) is 0 Å². The molecule has 3 heteroatoms. The zero-order valence-corrected chi connectivity index (χ0v) is 11.1. The van der Waals surface area contributed by atoms with E-state index in [1.807, 2.05) is 0 Å². The van der Waals surface area contributed by atoms with Crippen molar-refractivity contribution in [3.05, 3.63) is 0 Å². The van der Waals surface area contributed by atoms with Crippen LogP contribution in [-0.4, -0.2) is 61.7 Å². The van der Waals surface area contributed by atoms with Gasteiger partial charge in [0.15, 0.2) is 0 Å². The van der Waals surface area contributed by atoms with Gasteiger partial charge in [-0.05, 0) is 38.9 Å². The van der Waals surface area contributed by atoms with Crippen molar-refractivity contribution in [1.82, 2.24) is 15.1 Å². The topological polar surface area (TPSA) is 18.5 Å². The highest BCUT2D eigenvalue weighted by atomic mass is 15.2. The van der Waals surface area contributed by atoms with E-state index in [2.05, 4.69) is 36.0 Å². The summed E-state index contributed by atoms with van der Waals surface area (Å²) in [6.45, 7) is 10.9. The van der Waals surface area contributed by atoms with Gasteiger partial charge in [-0.2, -0.15) is 0 Å². The van der Waals surface area contributed by atoms with Crippen LogP contribution in [0, 0.1) is 5.92 Å². The molecule has 2 heterocycles. The zero-order chi connectivity index (χ0) is 11.5. The molecule has 94 valence electrons. The van der Waals surface area contributed by atoms with E-state index in [1.165, 1.54) is 45.6 Å². The van der Waals surface area contributed by atoms with Gasteiger partial charge < -0.3 is 10.2 Å². The first kappa shape index (κ1) is 12.3. The fourth-order valence-corrected chi connectivity index (χ4v) is 2.94. The molecule has 0 aromatic heterocycles. The largest absolute Gasteiger partial charge is 0.311 e. The zero-order valence-electron chi connectivity index (χ0n) is 11.1. The Kier molecular flexibility index (Phi) is 4.22. The summed E-state index contributed by atoms with van der Waals surface area (Å²) in [5.41, 5.74) is 0. The van der Waals surface area contributed by atoms with Crippen molar-refractivity contribution in [3.63, 3.8) is 0 Å². The smallest absolute Gasteiger partial charge is 0.0218 e. The molecule has 0 aromatic carbocycles. The molecule has 2 saturated heterocycles. The SMILES string of the molecule is CC(C)C1CN(C2CCN(C)CC2)CCN1. The maximum absolute atomic E-state index is 3.64. The average molecular weight is 225 g/mol. The lowest BCUT2D eigenvalue weighted by molar-refractivity contribution is 0.0827. The van der Waals surface area contributed by atoms with Crippen LogP contribution in [0.25, 0.3) is 0 Å². The molecule has 0 amide bonds. The van der Waals surface area contributed by atoms with Crippen molar-refractivity contribution < 1.29 is 0 Å². The highest BCUT2D eigenvalue weighted by Gasteiger charge is 2.28. The Bertz CT molecular complexity index is 209. The minimum Gasteiger partial charge on any atom is -0.311 e. The number of hydrogen-bond acceptors (Lipinski definition) is 3. The van der Waals surface area contributed by atoms with Crippen molar-refractivity contribution in [2.75, 3.05) is 39.8 Å². The van der Waals surface area contributed by atoms with Crippen molar-refractivity contribution in [2.24, 2.45) is 5.92 Å². The van der Waals surface area contributed by atoms with Crippen molar-refractivity contribution in [2.45, 2.75) is 38.8 Å². The van der Waals surface area contributed by atoms with Crippen LogP contribution in [0.15, 0.2) is 0 Å². The number of piperazine rings is 1. The number of nitrogens with zero attached hydrogens (tertiary/aromatic N) is 2. The molecule has 0 aliphatic carbocycles. The predicted octanol–water partition coefficient (Wildman–Crippen LogP) is 1.01. The van der Waals surface area contributed by atoms with Crippen LogP contribution in [0.2, 0.25) is 0 Å². The molecule has 0 saturated carbocycles. The summed E-state index contributed by atoms with van der Waals surface area (Å²) in [6.07, 6.45) is 2.72. The predicted molar refractivity (Wildman–Crippen MR) is 68.7 cm³/mol. The molecule has 2 aliphatic rings. The van der Waals surface area contributed by atoms with E-state index in [1.54, 1.807) is 0 Å². The standard InChI is InChI=1S/C13H27N3/c1-11(2)13-10-16(9-6-14-13)12-4-7-15(3)8-5-12/h11-14H,4-10H2,1-3H3. The van der Waals surface area contributed by atoms with E-state index in [0.717, 1.165) is 12.0 Å². The molecule has 0 radical (unpaired) electrons. The second-order valence-corrected chi connectivity index (χ2v) is 5.83. The van der Waals surface area contributed by atoms with Gasteiger partial charge >= 0.3 is 0 Å². The minimum absolute atomic E-state index is 0.702. The summed E-state index contributed by atoms with van der Waals surface area (Å²) in [4.78, 5) is 5.19. The molecule has 0 spiro atoms. The molecule has 16 heavy (non-hydrogen) atoms. The summed E-state index contributed by atoms with van der Waals surface area (Å²) in [6, 6.07) is 1.55. The molecule has 1 unspecified atom stereocenters. The maximum Gasteiger partial charge on any atom is 0.0218 e. The van der Waals surface area contributed by atoms with Gasteiger partial charge in [0.2, 0.25) is 0 Å². The third-order valence-corrected chi connectivity index (χ3v) is 4.25. The van der Waals surface area contributed by atoms with Crippen LogP contribution in [0.1, 0.15) is 26.7 Å². The molecular formula is C13H27N3. The molecule has 0 bridgehead atoms. The molecule has 3 nitrogen and oxygen atoms in total. The van der Waals surface area contributed by atoms with E-state index >= 15 is 0 Å². The van der Waals surface area contributed by atoms with Crippen LogP contribution >= 0.6 is 0 Å². The molecule has 1 atom stereocenters. The van der Waals surface area contributed by atoms with Crippen LogP contribution in [-0.2, 0) is 0 Å². The first-order valence-electron chi connectivity index (χ1n) is 6.83. The van der Waals surface area contributed by atoms with Gasteiger partial charge in [0.1, 0.15) is 0 Å². The van der Waals surface area contributed by atoms with E-state index in [0.29, 0.717) is 6.04 Å². The van der Waals surface area contributed by atoms with Crippen LogP contribution in [0.3, 0.4) is 0 Å². The lowest BCUT2D eigenvalue weighted by Gasteiger charge is -2.43. The van der Waals surface area contributed by atoms with Crippen molar-refractivity contribution in [3.8, 4) is 0 Å². The van der Waals surface area contributed by atoms with Gasteiger partial charge in [-0.3, -0.25) is 4.90 Å². The van der Waals surface area contributed by atoms with Gasteiger partial charge in [0, 0.05) is 31.7 Å². The van der Waals surface area contributed by atoms with Crippen molar-refractivity contribution >= 4 is 0 Å². The number of hydrogen-bond donors (Lipinski definition) is 1. The lowest BCUT2D eigenvalue weighted by Crippen LogP contribution is -2.57. The summed E-state index contributed by atoms with van der Waals surface area (Å²) in [5, 5.41) is 3.64. The van der Waals surface area contributed by atoms with E-state index in [4.69, 9.17) is 0 Å². The first-order valence-corrected chi connectivity index (χ1v) is 6.83. The fraction of sp³-hybridized carbons (Fsp3) is 1.00. The first-order chi connectivity index (χ1) is 7.66. The number of nitrogens with one attached hydrogen (secondary N) is 1. The number of piperidine rings is 1. The second-order valence-electron chi connectivity index (χ2n) is 5.83. The van der Waals surface area contributed by atoms with Gasteiger partial charge in [-0.15, -0.1) is 0 Å². The number of rotatable bonds is 2. The van der Waals surface area contributed by atoms with Gasteiger partial charge in [-0.1, -0.05) is 13.8 Å². The summed E-state index contributed by atoms with van der Waals surface area (Å²) in [7, 11) is 2.24. The monoisotopic (exact) mass is 225 g/mol. The third kappa shape index (κ3) is 2.96. The van der Waals surface area contributed by atoms with Crippen molar-refractivity contribution in [1.29, 1.82) is 0 Å². The quantitative estimate of drug-likeness (QED) is 0.757. The van der Waals surface area contributed by atoms with E-state index in [9.17, 15) is 0 Å². The molecule has 0 aromatic rings. The Labute approximate surface area is 100 Å². The summed E-state index contributed by atoms with van der Waals surface area (Å²) >= 11 is 0. The Balaban J connectivity index is 1.84. The highest BCUT2D eigenvalue weighted by molar-refractivity contribution is 4.86. The molecule has 2 aliphatic heterocycles. The van der Waals surface area contributed by atoms with Gasteiger partial charge in [-0.25, -0.2) is 0 Å². The van der Waals surface area contributed by atoms with Gasteiger partial charge in [0.25, 0.3) is 0 Å². The van der Waals surface area contributed by atoms with E-state index < -0.39 is 0 Å². The Morgan fingerprint density at radius 2 is 1.81 bits per heavy atom. The Morgan fingerprint density at radius 3 is 2.44 bits per heavy atom. The molecular weight excluding hydrogens is 198 g/mol.